The number of hydrogen-bond acceptors (Lipinski definition) is 4. The largest absolute Gasteiger partial charge is 0.323 e. The standard InChI is InChI=1S/C21H25N5O3S/c1-15-5-3-11-25-14-19(23-20(15)25)16-7-9-17(10-8-16)22-21(27)26-12-4-6-18(13-26)24-30(2,28)29/h3,5,7-11,14,18,24H,4,6,12-13H2,1-2H3,(H,22,27)/t18-/m0/s1. The number of hydrogen-bond donors (Lipinski definition) is 2. The van der Waals surface area contributed by atoms with Gasteiger partial charge in [-0.3, -0.25) is 0 Å². The Hall–Kier alpha value is -2.91. The van der Waals surface area contributed by atoms with Crippen molar-refractivity contribution >= 4 is 27.4 Å². The Morgan fingerprint density at radius 2 is 1.97 bits per heavy atom. The summed E-state index contributed by atoms with van der Waals surface area (Å²) in [5.74, 6) is 0. The van der Waals surface area contributed by atoms with Crippen LogP contribution in [0.3, 0.4) is 0 Å². The molecule has 1 aliphatic heterocycles. The van der Waals surface area contributed by atoms with Crippen LogP contribution in [-0.2, 0) is 10.0 Å². The average molecular weight is 428 g/mol. The lowest BCUT2D eigenvalue weighted by atomic mass is 10.1. The number of rotatable bonds is 4. The monoisotopic (exact) mass is 427 g/mol. The van der Waals surface area contributed by atoms with Gasteiger partial charge in [0.15, 0.2) is 0 Å². The number of amides is 2. The van der Waals surface area contributed by atoms with Crippen molar-refractivity contribution in [2.24, 2.45) is 0 Å². The summed E-state index contributed by atoms with van der Waals surface area (Å²) in [5, 5.41) is 2.89. The average Bonchev–Trinajstić information content (AvgIpc) is 3.13. The number of sulfonamides is 1. The molecule has 2 N–H and O–H groups in total. The second-order valence-corrected chi connectivity index (χ2v) is 9.51. The summed E-state index contributed by atoms with van der Waals surface area (Å²) in [4.78, 5) is 18.9. The molecule has 1 saturated heterocycles. The Kier molecular flexibility index (Phi) is 5.48. The molecule has 158 valence electrons. The first-order valence-electron chi connectivity index (χ1n) is 9.86. The number of carbonyl (C=O) groups excluding carboxylic acids is 1. The highest BCUT2D eigenvalue weighted by Crippen LogP contribution is 2.23. The van der Waals surface area contributed by atoms with E-state index in [-0.39, 0.29) is 12.1 Å². The van der Waals surface area contributed by atoms with E-state index in [1.165, 1.54) is 0 Å². The van der Waals surface area contributed by atoms with Gasteiger partial charge in [-0.2, -0.15) is 0 Å². The molecule has 8 nitrogen and oxygen atoms in total. The van der Waals surface area contributed by atoms with Gasteiger partial charge >= 0.3 is 6.03 Å². The van der Waals surface area contributed by atoms with E-state index in [1.54, 1.807) is 4.90 Å². The number of benzene rings is 1. The second-order valence-electron chi connectivity index (χ2n) is 7.73. The lowest BCUT2D eigenvalue weighted by Crippen LogP contribution is -2.50. The van der Waals surface area contributed by atoms with Gasteiger partial charge in [0.25, 0.3) is 0 Å². The number of piperidine rings is 1. The molecule has 1 aromatic carbocycles. The number of imidazole rings is 1. The number of likely N-dealkylation sites (tertiary alicyclic amines) is 1. The minimum atomic E-state index is -3.29. The number of anilines is 1. The quantitative estimate of drug-likeness (QED) is 0.669. The van der Waals surface area contributed by atoms with Crippen molar-refractivity contribution in [1.82, 2.24) is 19.0 Å². The number of urea groups is 1. The van der Waals surface area contributed by atoms with Crippen molar-refractivity contribution in [3.63, 3.8) is 0 Å². The molecule has 0 saturated carbocycles. The molecule has 2 amide bonds. The van der Waals surface area contributed by atoms with Crippen molar-refractivity contribution in [2.45, 2.75) is 25.8 Å². The molecule has 30 heavy (non-hydrogen) atoms. The first kappa shape index (κ1) is 20.4. The van der Waals surface area contributed by atoms with Crippen LogP contribution in [0.25, 0.3) is 16.9 Å². The first-order valence-corrected chi connectivity index (χ1v) is 11.8. The molecule has 1 aliphatic rings. The Morgan fingerprint density at radius 3 is 2.67 bits per heavy atom. The third-order valence-corrected chi connectivity index (χ3v) is 5.96. The number of aromatic nitrogens is 2. The van der Waals surface area contributed by atoms with Crippen LogP contribution in [0.1, 0.15) is 18.4 Å². The minimum Gasteiger partial charge on any atom is -0.323 e. The van der Waals surface area contributed by atoms with E-state index in [9.17, 15) is 13.2 Å². The molecular weight excluding hydrogens is 402 g/mol. The first-order chi connectivity index (χ1) is 14.3. The summed E-state index contributed by atoms with van der Waals surface area (Å²) in [5.41, 5.74) is 4.55. The third kappa shape index (κ3) is 4.63. The lowest BCUT2D eigenvalue weighted by molar-refractivity contribution is 0.190. The lowest BCUT2D eigenvalue weighted by Gasteiger charge is -2.32. The summed E-state index contributed by atoms with van der Waals surface area (Å²) in [7, 11) is -3.29. The van der Waals surface area contributed by atoms with Crippen LogP contribution >= 0.6 is 0 Å². The van der Waals surface area contributed by atoms with E-state index in [4.69, 9.17) is 4.98 Å². The van der Waals surface area contributed by atoms with Crippen molar-refractivity contribution < 1.29 is 13.2 Å². The normalized spacial score (nSPS) is 17.3. The fourth-order valence-electron chi connectivity index (χ4n) is 3.78. The molecule has 0 spiro atoms. The van der Waals surface area contributed by atoms with Crippen LogP contribution < -0.4 is 10.0 Å². The van der Waals surface area contributed by atoms with Gasteiger partial charge < -0.3 is 14.6 Å². The predicted octanol–water partition coefficient (Wildman–Crippen LogP) is 2.86. The highest BCUT2D eigenvalue weighted by Gasteiger charge is 2.25. The van der Waals surface area contributed by atoms with E-state index in [1.807, 2.05) is 60.1 Å². The zero-order valence-electron chi connectivity index (χ0n) is 17.0. The van der Waals surface area contributed by atoms with E-state index in [0.717, 1.165) is 41.6 Å². The van der Waals surface area contributed by atoms with Crippen molar-refractivity contribution in [2.75, 3.05) is 24.7 Å². The Bertz CT molecular complexity index is 1170. The topological polar surface area (TPSA) is 95.8 Å². The summed E-state index contributed by atoms with van der Waals surface area (Å²) < 4.78 is 27.5. The summed E-state index contributed by atoms with van der Waals surface area (Å²) in [6.45, 7) is 2.99. The number of nitrogens with one attached hydrogen (secondary N) is 2. The maximum absolute atomic E-state index is 12.6. The molecule has 1 atom stereocenters. The van der Waals surface area contributed by atoms with Crippen LogP contribution in [0, 0.1) is 6.92 Å². The van der Waals surface area contributed by atoms with Gasteiger partial charge in [0.05, 0.1) is 11.9 Å². The Morgan fingerprint density at radius 1 is 1.20 bits per heavy atom. The molecular formula is C21H25N5O3S. The van der Waals surface area contributed by atoms with Gasteiger partial charge in [0, 0.05) is 42.8 Å². The molecule has 3 heterocycles. The van der Waals surface area contributed by atoms with E-state index in [2.05, 4.69) is 10.0 Å². The van der Waals surface area contributed by atoms with Crippen molar-refractivity contribution in [3.8, 4) is 11.3 Å². The molecule has 0 unspecified atom stereocenters. The molecule has 1 fully saturated rings. The maximum atomic E-state index is 12.6. The van der Waals surface area contributed by atoms with Crippen LogP contribution in [0.15, 0.2) is 48.8 Å². The minimum absolute atomic E-state index is 0.230. The summed E-state index contributed by atoms with van der Waals surface area (Å²) in [6.07, 6.45) is 6.57. The van der Waals surface area contributed by atoms with Crippen LogP contribution in [0.5, 0.6) is 0 Å². The van der Waals surface area contributed by atoms with E-state index >= 15 is 0 Å². The van der Waals surface area contributed by atoms with Crippen molar-refractivity contribution in [1.29, 1.82) is 0 Å². The van der Waals surface area contributed by atoms with Crippen LogP contribution in [0.2, 0.25) is 0 Å². The van der Waals surface area contributed by atoms with Crippen LogP contribution in [-0.4, -0.2) is 54.1 Å². The number of pyridine rings is 1. The van der Waals surface area contributed by atoms with Gasteiger partial charge in [-0.15, -0.1) is 0 Å². The van der Waals surface area contributed by atoms with Gasteiger partial charge in [0.1, 0.15) is 5.65 Å². The Labute approximate surface area is 176 Å². The fourth-order valence-corrected chi connectivity index (χ4v) is 4.58. The Balaban J connectivity index is 1.42. The zero-order valence-corrected chi connectivity index (χ0v) is 17.8. The van der Waals surface area contributed by atoms with Gasteiger partial charge in [-0.05, 0) is 43.5 Å². The number of nitrogens with zero attached hydrogens (tertiary/aromatic N) is 3. The third-order valence-electron chi connectivity index (χ3n) is 5.20. The molecule has 0 bridgehead atoms. The fraction of sp³-hybridized carbons (Fsp3) is 0.333. The van der Waals surface area contributed by atoms with Crippen molar-refractivity contribution in [3.05, 3.63) is 54.4 Å². The SMILES string of the molecule is Cc1cccn2cc(-c3ccc(NC(=O)N4CCC[C@H](NS(C)(=O)=O)C4)cc3)nc12. The van der Waals surface area contributed by atoms with Gasteiger partial charge in [0.2, 0.25) is 10.0 Å². The summed E-state index contributed by atoms with van der Waals surface area (Å²) >= 11 is 0. The number of aryl methyl sites for hydroxylation is 1. The smallest absolute Gasteiger partial charge is 0.321 e. The van der Waals surface area contributed by atoms with E-state index in [0.29, 0.717) is 18.8 Å². The van der Waals surface area contributed by atoms with E-state index < -0.39 is 10.0 Å². The van der Waals surface area contributed by atoms with Gasteiger partial charge in [-0.1, -0.05) is 18.2 Å². The molecule has 0 aliphatic carbocycles. The molecule has 3 aromatic rings. The zero-order chi connectivity index (χ0) is 21.3. The second kappa shape index (κ2) is 8.08. The number of carbonyl (C=O) groups is 1. The molecule has 9 heteroatoms. The maximum Gasteiger partial charge on any atom is 0.321 e. The van der Waals surface area contributed by atoms with Crippen LogP contribution in [0.4, 0.5) is 10.5 Å². The highest BCUT2D eigenvalue weighted by atomic mass is 32.2. The highest BCUT2D eigenvalue weighted by molar-refractivity contribution is 7.88. The molecule has 2 aromatic heterocycles. The molecule has 4 rings (SSSR count). The summed E-state index contributed by atoms with van der Waals surface area (Å²) in [6, 6.07) is 11.1. The number of fused-ring (bicyclic) bond motifs is 1. The predicted molar refractivity (Wildman–Crippen MR) is 117 cm³/mol. The van der Waals surface area contributed by atoms with Gasteiger partial charge in [-0.25, -0.2) is 22.9 Å². The molecule has 0 radical (unpaired) electrons.